The van der Waals surface area contributed by atoms with Gasteiger partial charge in [0.25, 0.3) is 5.91 Å². The summed E-state index contributed by atoms with van der Waals surface area (Å²) in [4.78, 5) is 37.7. The molecule has 8 nitrogen and oxygen atoms in total. The number of hydrogen-bond donors (Lipinski definition) is 0. The van der Waals surface area contributed by atoms with Crippen LogP contribution in [0.15, 0.2) is 36.9 Å². The van der Waals surface area contributed by atoms with Gasteiger partial charge in [-0.3, -0.25) is 9.59 Å². The molecule has 3 aliphatic heterocycles. The second-order valence-corrected chi connectivity index (χ2v) is 9.60. The number of benzene rings is 1. The second-order valence-electron chi connectivity index (χ2n) is 9.22. The molecule has 0 N–H and O–H groups in total. The third-order valence-corrected chi connectivity index (χ3v) is 7.32. The van der Waals surface area contributed by atoms with Gasteiger partial charge in [-0.1, -0.05) is 30.3 Å². The van der Waals surface area contributed by atoms with E-state index >= 15 is 0 Å². The van der Waals surface area contributed by atoms with Crippen LogP contribution in [0.25, 0.3) is 11.3 Å². The summed E-state index contributed by atoms with van der Waals surface area (Å²) in [6, 6.07) is 5.30. The lowest BCUT2D eigenvalue weighted by Crippen LogP contribution is -2.57. The van der Waals surface area contributed by atoms with Crippen molar-refractivity contribution in [2.45, 2.75) is 19.0 Å². The molecule has 5 rings (SSSR count). The van der Waals surface area contributed by atoms with E-state index in [9.17, 15) is 14.0 Å². The number of amides is 2. The molecule has 1 aromatic heterocycles. The van der Waals surface area contributed by atoms with Gasteiger partial charge in [0.2, 0.25) is 5.91 Å². The Hall–Kier alpha value is -3.17. The summed E-state index contributed by atoms with van der Waals surface area (Å²) in [5.74, 6) is -0.749. The van der Waals surface area contributed by atoms with Gasteiger partial charge in [0.1, 0.15) is 28.8 Å². The van der Waals surface area contributed by atoms with E-state index in [-0.39, 0.29) is 90.6 Å². The van der Waals surface area contributed by atoms with Crippen LogP contribution in [0.5, 0.6) is 5.75 Å². The normalized spacial score (nSPS) is 24.0. The van der Waals surface area contributed by atoms with Gasteiger partial charge in [0.05, 0.1) is 11.7 Å². The van der Waals surface area contributed by atoms with E-state index in [2.05, 4.69) is 6.58 Å². The lowest BCUT2D eigenvalue weighted by atomic mass is 10.0. The highest BCUT2D eigenvalue weighted by Crippen LogP contribution is 2.44. The number of hydrogen-bond acceptors (Lipinski definition) is 6. The van der Waals surface area contributed by atoms with Crippen LogP contribution < -0.4 is 9.64 Å². The number of halogens is 2. The van der Waals surface area contributed by atoms with Gasteiger partial charge >= 0.3 is 0 Å². The molecule has 2 saturated heterocycles. The molecule has 0 radical (unpaired) electrons. The first-order valence-electron chi connectivity index (χ1n) is 13.4. The van der Waals surface area contributed by atoms with Crippen LogP contribution in [-0.2, 0) is 4.79 Å². The number of ether oxygens (including phenoxy) is 1. The summed E-state index contributed by atoms with van der Waals surface area (Å²) < 4.78 is 44.5. The minimum absolute atomic E-state index is 0.0138. The maximum atomic E-state index is 14.9. The smallest absolute Gasteiger partial charge is 0.261 e. The fourth-order valence-electron chi connectivity index (χ4n) is 5.09. The monoisotopic (exact) mass is 516 g/mol. The maximum Gasteiger partial charge on any atom is 0.261 e. The molecule has 0 spiro atoms. The molecule has 10 heteroatoms. The largest absolute Gasteiger partial charge is 0.489 e. The Bertz CT molecular complexity index is 1330. The number of rotatable bonds is 3. The zero-order valence-corrected chi connectivity index (χ0v) is 20.7. The minimum Gasteiger partial charge on any atom is -0.489 e. The van der Waals surface area contributed by atoms with E-state index in [1.54, 1.807) is 28.0 Å². The number of anilines is 1. The molecule has 2 fully saturated rings. The number of likely N-dealkylation sites (N-methyl/N-ethyl adjacent to an activating group) is 1. The van der Waals surface area contributed by atoms with Crippen LogP contribution in [0, 0.1) is 5.82 Å². The topological polar surface area (TPSA) is 69.2 Å². The van der Waals surface area contributed by atoms with Gasteiger partial charge in [-0.25, -0.2) is 9.37 Å². The van der Waals surface area contributed by atoms with Crippen molar-refractivity contribution in [2.75, 3.05) is 57.8 Å². The summed E-state index contributed by atoms with van der Waals surface area (Å²) in [5.41, 5.74) is 0.437. The lowest BCUT2D eigenvalue weighted by Gasteiger charge is -2.41. The first kappa shape index (κ1) is 21.0. The first-order chi connectivity index (χ1) is 18.5. The molecule has 2 atom stereocenters. The van der Waals surface area contributed by atoms with Crippen molar-refractivity contribution in [1.29, 1.82) is 0 Å². The average molecular weight is 517 g/mol. The third kappa shape index (κ3) is 4.20. The van der Waals surface area contributed by atoms with Crippen LogP contribution in [0.3, 0.4) is 0 Å². The summed E-state index contributed by atoms with van der Waals surface area (Å²) in [6.45, 7) is 4.80. The Morgan fingerprint density at radius 3 is 2.75 bits per heavy atom. The molecule has 2 amide bonds. The standard InChI is InChI=1S/C26H29ClFN5O3/c1-4-20(34)31-10-12-33-17(14-31)15-36-24-21(26(33)35)25(32-11-9-30(3)13-16(32)2)29-23(22(24)27)18-7-5-6-8-19(18)28/h4-8,16-17H,1,9-15H2,2-3H3/t16-,17+/m0/s1/i3D3. The second kappa shape index (κ2) is 9.71. The molecular formula is C26H29ClFN5O3. The molecule has 190 valence electrons. The van der Waals surface area contributed by atoms with Gasteiger partial charge in [-0.2, -0.15) is 0 Å². The van der Waals surface area contributed by atoms with Gasteiger partial charge in [-0.05, 0) is 32.1 Å². The Morgan fingerprint density at radius 2 is 2.03 bits per heavy atom. The highest BCUT2D eigenvalue weighted by Gasteiger charge is 2.41. The first-order valence-corrected chi connectivity index (χ1v) is 12.2. The van der Waals surface area contributed by atoms with Crippen molar-refractivity contribution >= 4 is 29.2 Å². The summed E-state index contributed by atoms with van der Waals surface area (Å²) in [7, 11) is 0. The Morgan fingerprint density at radius 1 is 1.25 bits per heavy atom. The van der Waals surface area contributed by atoms with E-state index < -0.39 is 18.8 Å². The maximum absolute atomic E-state index is 14.9. The molecule has 2 aromatic rings. The molecule has 0 saturated carbocycles. The number of carbonyl (C=O) groups excluding carboxylic acids is 2. The fourth-order valence-corrected chi connectivity index (χ4v) is 5.38. The van der Waals surface area contributed by atoms with Crippen molar-refractivity contribution in [3.8, 4) is 17.0 Å². The Labute approximate surface area is 219 Å². The molecular weight excluding hydrogens is 485 g/mol. The molecule has 0 aliphatic carbocycles. The Balaban J connectivity index is 1.62. The van der Waals surface area contributed by atoms with Crippen molar-refractivity contribution < 1.29 is 22.8 Å². The molecule has 36 heavy (non-hydrogen) atoms. The zero-order valence-electron chi connectivity index (χ0n) is 22.9. The van der Waals surface area contributed by atoms with E-state index in [0.717, 1.165) is 0 Å². The average Bonchev–Trinajstić information content (AvgIpc) is 3.05. The highest BCUT2D eigenvalue weighted by molar-refractivity contribution is 6.35. The van der Waals surface area contributed by atoms with Crippen molar-refractivity contribution in [2.24, 2.45) is 0 Å². The van der Waals surface area contributed by atoms with E-state index in [1.165, 1.54) is 17.0 Å². The number of carbonyl (C=O) groups is 2. The van der Waals surface area contributed by atoms with E-state index in [4.69, 9.17) is 25.4 Å². The SMILES string of the molecule is [2H]C([2H])([2H])N1CCN(c2nc(-c3ccccc3F)c(Cl)c3c2C(=O)N2CCN(C(=O)C=C)C[C@@H]2CO3)[C@@H](C)C1. The molecule has 4 heterocycles. The van der Waals surface area contributed by atoms with Gasteiger partial charge in [-0.15, -0.1) is 0 Å². The molecule has 1 aromatic carbocycles. The zero-order chi connectivity index (χ0) is 28.1. The van der Waals surface area contributed by atoms with E-state index in [0.29, 0.717) is 6.54 Å². The summed E-state index contributed by atoms with van der Waals surface area (Å²) >= 11 is 6.80. The van der Waals surface area contributed by atoms with Crippen LogP contribution in [0.1, 0.15) is 21.4 Å². The number of nitrogens with zero attached hydrogens (tertiary/aromatic N) is 5. The van der Waals surface area contributed by atoms with Crippen molar-refractivity contribution in [1.82, 2.24) is 19.7 Å². The van der Waals surface area contributed by atoms with E-state index in [1.807, 2.05) is 11.8 Å². The van der Waals surface area contributed by atoms with Gasteiger partial charge in [0.15, 0.2) is 5.75 Å². The van der Waals surface area contributed by atoms with Crippen LogP contribution in [-0.4, -0.2) is 96.4 Å². The molecule has 0 bridgehead atoms. The summed E-state index contributed by atoms with van der Waals surface area (Å²) in [5, 5.41) is 0.0138. The third-order valence-electron chi connectivity index (χ3n) is 6.97. The van der Waals surface area contributed by atoms with Gasteiger partial charge in [0, 0.05) is 55.0 Å². The molecule has 3 aliphatic rings. The van der Waals surface area contributed by atoms with Crippen LogP contribution >= 0.6 is 11.6 Å². The predicted molar refractivity (Wildman–Crippen MR) is 136 cm³/mol. The minimum atomic E-state index is -2.25. The number of piperazine rings is 2. The summed E-state index contributed by atoms with van der Waals surface area (Å²) in [6.07, 6.45) is 1.24. The molecule has 0 unspecified atom stereocenters. The lowest BCUT2D eigenvalue weighted by molar-refractivity contribution is -0.128. The number of pyridine rings is 1. The van der Waals surface area contributed by atoms with Crippen molar-refractivity contribution in [3.63, 3.8) is 0 Å². The quantitative estimate of drug-likeness (QED) is 0.584. The predicted octanol–water partition coefficient (Wildman–Crippen LogP) is 2.91. The number of aromatic nitrogens is 1. The van der Waals surface area contributed by atoms with Crippen molar-refractivity contribution in [3.05, 3.63) is 53.3 Å². The fraction of sp³-hybridized carbons (Fsp3) is 0.423. The van der Waals surface area contributed by atoms with Gasteiger partial charge < -0.3 is 24.3 Å². The highest BCUT2D eigenvalue weighted by atomic mass is 35.5. The number of fused-ring (bicyclic) bond motifs is 2. The van der Waals surface area contributed by atoms with Crippen LogP contribution in [0.4, 0.5) is 10.2 Å². The Kier molecular flexibility index (Phi) is 5.65. The van der Waals surface area contributed by atoms with Crippen LogP contribution in [0.2, 0.25) is 5.02 Å².